The van der Waals surface area contributed by atoms with Gasteiger partial charge in [-0.05, 0) is 30.8 Å². The van der Waals surface area contributed by atoms with E-state index in [-0.39, 0.29) is 28.2 Å². The molecule has 0 aromatic rings. The predicted octanol–water partition coefficient (Wildman–Crippen LogP) is 3.29. The van der Waals surface area contributed by atoms with Crippen molar-refractivity contribution in [2.24, 2.45) is 15.8 Å². The van der Waals surface area contributed by atoms with Gasteiger partial charge in [0.15, 0.2) is 0 Å². The lowest BCUT2D eigenvalue weighted by Crippen LogP contribution is -2.45. The third-order valence-electron chi connectivity index (χ3n) is 5.24. The van der Waals surface area contributed by atoms with Crippen LogP contribution >= 0.6 is 0 Å². The van der Waals surface area contributed by atoms with E-state index in [1.807, 2.05) is 0 Å². The Labute approximate surface area is 153 Å². The number of amidine groups is 1. The largest absolute Gasteiger partial charge is 0.332 e. The van der Waals surface area contributed by atoms with Gasteiger partial charge in [0.2, 0.25) is 10.0 Å². The van der Waals surface area contributed by atoms with Crippen LogP contribution in [-0.2, 0) is 10.0 Å². The second-order valence-electron chi connectivity index (χ2n) is 9.86. The molecule has 0 unspecified atom stereocenters. The number of aliphatic imine (C=N–C) groups is 1. The average Bonchev–Trinajstić information content (AvgIpc) is 3.18. The minimum atomic E-state index is -3.17. The first-order valence-electron chi connectivity index (χ1n) is 9.41. The Bertz CT molecular complexity index is 719. The number of rotatable bonds is 3. The Hall–Kier alpha value is -0.880. The fraction of sp³-hybridized carbons (Fsp3) is 0.842. The third-order valence-corrected chi connectivity index (χ3v) is 7.25. The van der Waals surface area contributed by atoms with Gasteiger partial charge in [0.25, 0.3) is 0 Å². The quantitative estimate of drug-likeness (QED) is 0.832. The molecule has 1 aliphatic carbocycles. The maximum Gasteiger partial charge on any atom is 0.214 e. The SMILES string of the molecule is C[C@@H]1N=C(C(C)(C)C)N2C[C@@H](NS(=O)(=O)C3CC3)CC2=C1C(C)(C)C. The molecule has 0 amide bonds. The highest BCUT2D eigenvalue weighted by atomic mass is 32.2. The molecule has 1 saturated carbocycles. The van der Waals surface area contributed by atoms with Crippen molar-refractivity contribution in [3.63, 3.8) is 0 Å². The van der Waals surface area contributed by atoms with Crippen molar-refractivity contribution in [1.29, 1.82) is 0 Å². The van der Waals surface area contributed by atoms with E-state index >= 15 is 0 Å². The van der Waals surface area contributed by atoms with Crippen LogP contribution in [0.5, 0.6) is 0 Å². The normalized spacial score (nSPS) is 28.3. The van der Waals surface area contributed by atoms with E-state index in [4.69, 9.17) is 4.99 Å². The summed E-state index contributed by atoms with van der Waals surface area (Å²) < 4.78 is 27.8. The maximum absolute atomic E-state index is 12.4. The monoisotopic (exact) mass is 367 g/mol. The van der Waals surface area contributed by atoms with E-state index in [1.165, 1.54) is 11.3 Å². The Morgan fingerprint density at radius 2 is 1.68 bits per heavy atom. The molecule has 1 saturated heterocycles. The molecule has 0 aromatic heterocycles. The number of fused-ring (bicyclic) bond motifs is 1. The molecule has 142 valence electrons. The molecule has 0 aromatic carbocycles. The number of hydrogen-bond acceptors (Lipinski definition) is 4. The van der Waals surface area contributed by atoms with Gasteiger partial charge in [-0.15, -0.1) is 0 Å². The summed E-state index contributed by atoms with van der Waals surface area (Å²) >= 11 is 0. The molecule has 6 heteroatoms. The second-order valence-corrected chi connectivity index (χ2v) is 11.9. The Kier molecular flexibility index (Phi) is 4.39. The van der Waals surface area contributed by atoms with Crippen LogP contribution in [0.3, 0.4) is 0 Å². The fourth-order valence-corrected chi connectivity index (χ4v) is 5.78. The Morgan fingerprint density at radius 1 is 1.08 bits per heavy atom. The molecule has 2 aliphatic heterocycles. The number of hydrogen-bond donors (Lipinski definition) is 1. The van der Waals surface area contributed by atoms with Gasteiger partial charge in [0, 0.05) is 30.1 Å². The Morgan fingerprint density at radius 3 is 2.16 bits per heavy atom. The summed E-state index contributed by atoms with van der Waals surface area (Å²) in [7, 11) is -3.17. The molecule has 2 fully saturated rings. The van der Waals surface area contributed by atoms with Gasteiger partial charge in [0.05, 0.1) is 11.3 Å². The first-order chi connectivity index (χ1) is 11.3. The molecular weight excluding hydrogens is 334 g/mol. The smallest absolute Gasteiger partial charge is 0.214 e. The van der Waals surface area contributed by atoms with Gasteiger partial charge in [-0.3, -0.25) is 4.99 Å². The maximum atomic E-state index is 12.4. The van der Waals surface area contributed by atoms with Crippen LogP contribution in [0.25, 0.3) is 0 Å². The van der Waals surface area contributed by atoms with Crippen LogP contribution in [-0.4, -0.2) is 43.0 Å². The van der Waals surface area contributed by atoms with Crippen molar-refractivity contribution in [3.8, 4) is 0 Å². The first kappa shape index (κ1) is 18.9. The zero-order valence-electron chi connectivity index (χ0n) is 16.7. The summed E-state index contributed by atoms with van der Waals surface area (Å²) in [6.45, 7) is 16.1. The van der Waals surface area contributed by atoms with E-state index in [9.17, 15) is 8.42 Å². The molecule has 25 heavy (non-hydrogen) atoms. The van der Waals surface area contributed by atoms with Crippen molar-refractivity contribution < 1.29 is 8.42 Å². The lowest BCUT2D eigenvalue weighted by atomic mass is 9.79. The predicted molar refractivity (Wildman–Crippen MR) is 103 cm³/mol. The standard InChI is InChI=1S/C19H33N3O2S/c1-12-16(18(2,3)4)15-10-13(21-25(23,24)14-8-9-14)11-22(15)17(20-12)19(5,6)7/h12-14,21H,8-11H2,1-7H3/t12-,13-/m0/s1. The molecule has 2 atom stereocenters. The van der Waals surface area contributed by atoms with Gasteiger partial charge in [-0.1, -0.05) is 41.5 Å². The number of nitrogens with one attached hydrogen (secondary N) is 1. The van der Waals surface area contributed by atoms with Crippen molar-refractivity contribution >= 4 is 15.9 Å². The van der Waals surface area contributed by atoms with E-state index in [0.717, 1.165) is 25.1 Å². The van der Waals surface area contributed by atoms with Gasteiger partial charge in [-0.2, -0.15) is 0 Å². The zero-order valence-corrected chi connectivity index (χ0v) is 17.5. The van der Waals surface area contributed by atoms with E-state index in [1.54, 1.807) is 0 Å². The van der Waals surface area contributed by atoms with Gasteiger partial charge >= 0.3 is 0 Å². The second kappa shape index (κ2) is 5.81. The lowest BCUT2D eigenvalue weighted by Gasteiger charge is -2.41. The molecular formula is C19H33N3O2S. The van der Waals surface area contributed by atoms with Crippen LogP contribution < -0.4 is 4.72 Å². The summed E-state index contributed by atoms with van der Waals surface area (Å²) in [5.41, 5.74) is 2.58. The molecule has 0 spiro atoms. The van der Waals surface area contributed by atoms with E-state index in [0.29, 0.717) is 6.54 Å². The molecule has 3 aliphatic rings. The minimum absolute atomic E-state index is 0.0180. The van der Waals surface area contributed by atoms with Crippen LogP contribution in [0.4, 0.5) is 0 Å². The van der Waals surface area contributed by atoms with Crippen molar-refractivity contribution in [2.45, 2.75) is 85.1 Å². The number of sulfonamides is 1. The fourth-order valence-electron chi connectivity index (χ4n) is 4.21. The van der Waals surface area contributed by atoms with E-state index in [2.05, 4.69) is 58.1 Å². The Balaban J connectivity index is 1.96. The third kappa shape index (κ3) is 3.65. The lowest BCUT2D eigenvalue weighted by molar-refractivity contribution is 0.393. The van der Waals surface area contributed by atoms with Gasteiger partial charge in [-0.25, -0.2) is 13.1 Å². The van der Waals surface area contributed by atoms with Crippen LogP contribution in [0.15, 0.2) is 16.3 Å². The summed E-state index contributed by atoms with van der Waals surface area (Å²) in [5, 5.41) is -0.170. The number of nitrogens with zero attached hydrogens (tertiary/aromatic N) is 2. The molecule has 5 nitrogen and oxygen atoms in total. The molecule has 3 rings (SSSR count). The summed E-state index contributed by atoms with van der Waals surface area (Å²) in [4.78, 5) is 7.32. The first-order valence-corrected chi connectivity index (χ1v) is 11.0. The highest BCUT2D eigenvalue weighted by Crippen LogP contribution is 2.43. The summed E-state index contributed by atoms with van der Waals surface area (Å²) in [6, 6.07) is 0.0788. The van der Waals surface area contributed by atoms with Crippen LogP contribution in [0.2, 0.25) is 0 Å². The van der Waals surface area contributed by atoms with Gasteiger partial charge in [0.1, 0.15) is 5.84 Å². The molecule has 0 radical (unpaired) electrons. The highest BCUT2D eigenvalue weighted by molar-refractivity contribution is 7.90. The van der Waals surface area contributed by atoms with Crippen molar-refractivity contribution in [3.05, 3.63) is 11.3 Å². The van der Waals surface area contributed by atoms with Crippen molar-refractivity contribution in [1.82, 2.24) is 9.62 Å². The van der Waals surface area contributed by atoms with Crippen molar-refractivity contribution in [2.75, 3.05) is 6.54 Å². The van der Waals surface area contributed by atoms with Crippen LogP contribution in [0, 0.1) is 10.8 Å². The zero-order chi connectivity index (χ0) is 18.8. The topological polar surface area (TPSA) is 61.8 Å². The summed E-state index contributed by atoms with van der Waals surface area (Å²) in [6.07, 6.45) is 2.36. The van der Waals surface area contributed by atoms with Gasteiger partial charge < -0.3 is 4.90 Å². The summed E-state index contributed by atoms with van der Waals surface area (Å²) in [5.74, 6) is 1.08. The molecule has 1 N–H and O–H groups in total. The minimum Gasteiger partial charge on any atom is -0.332 e. The molecule has 0 bridgehead atoms. The highest BCUT2D eigenvalue weighted by Gasteiger charge is 2.45. The van der Waals surface area contributed by atoms with Crippen LogP contribution in [0.1, 0.15) is 67.7 Å². The molecule has 2 heterocycles. The average molecular weight is 368 g/mol. The van der Waals surface area contributed by atoms with E-state index < -0.39 is 10.0 Å².